The molecule has 130 valence electrons. The number of thioether (sulfide) groups is 1. The van der Waals surface area contributed by atoms with Gasteiger partial charge in [-0.1, -0.05) is 11.8 Å². The summed E-state index contributed by atoms with van der Waals surface area (Å²) in [6.45, 7) is 1.26. The predicted octanol–water partition coefficient (Wildman–Crippen LogP) is 1.74. The number of hydrogen-bond donors (Lipinski definition) is 1. The van der Waals surface area contributed by atoms with Crippen LogP contribution in [0.1, 0.15) is 6.42 Å². The number of hydrogen-bond acceptors (Lipinski definition) is 6. The second kappa shape index (κ2) is 9.29. The van der Waals surface area contributed by atoms with Gasteiger partial charge in [-0.25, -0.2) is 0 Å². The summed E-state index contributed by atoms with van der Waals surface area (Å²) in [5, 5.41) is 11.9. The fourth-order valence-corrected chi connectivity index (χ4v) is 2.80. The van der Waals surface area contributed by atoms with Gasteiger partial charge in [0.05, 0.1) is 12.9 Å². The van der Waals surface area contributed by atoms with Crippen molar-refractivity contribution >= 4 is 17.7 Å². The molecule has 0 saturated heterocycles. The van der Waals surface area contributed by atoms with Crippen molar-refractivity contribution in [2.24, 2.45) is 7.05 Å². The Morgan fingerprint density at radius 1 is 1.25 bits per heavy atom. The number of ether oxygens (including phenoxy) is 2. The van der Waals surface area contributed by atoms with Crippen molar-refractivity contribution in [3.63, 3.8) is 0 Å². The van der Waals surface area contributed by atoms with Gasteiger partial charge in [0, 0.05) is 32.9 Å². The average Bonchev–Trinajstić information content (AvgIpc) is 2.97. The van der Waals surface area contributed by atoms with E-state index in [9.17, 15) is 4.79 Å². The van der Waals surface area contributed by atoms with Gasteiger partial charge in [-0.3, -0.25) is 4.79 Å². The molecule has 2 aromatic rings. The molecule has 1 N–H and O–H groups in total. The van der Waals surface area contributed by atoms with E-state index in [4.69, 9.17) is 9.47 Å². The van der Waals surface area contributed by atoms with Gasteiger partial charge in [0.2, 0.25) is 5.91 Å². The molecule has 0 unspecified atom stereocenters. The first-order chi connectivity index (χ1) is 11.7. The molecule has 24 heavy (non-hydrogen) atoms. The minimum Gasteiger partial charge on any atom is -0.497 e. The lowest BCUT2D eigenvalue weighted by molar-refractivity contribution is -0.118. The maximum atomic E-state index is 11.8. The largest absolute Gasteiger partial charge is 0.497 e. The first-order valence-electron chi connectivity index (χ1n) is 7.58. The number of rotatable bonds is 9. The molecule has 0 saturated carbocycles. The second-order valence-corrected chi connectivity index (χ2v) is 6.02. The van der Waals surface area contributed by atoms with Crippen molar-refractivity contribution in [3.05, 3.63) is 24.3 Å². The van der Waals surface area contributed by atoms with Crippen LogP contribution in [0, 0.1) is 0 Å². The van der Waals surface area contributed by atoms with Gasteiger partial charge in [-0.15, -0.1) is 10.2 Å². The molecule has 0 fully saturated rings. The van der Waals surface area contributed by atoms with Crippen molar-refractivity contribution in [1.29, 1.82) is 0 Å². The predicted molar refractivity (Wildman–Crippen MR) is 93.2 cm³/mol. The summed E-state index contributed by atoms with van der Waals surface area (Å²) in [6, 6.07) is 7.62. The Hall–Kier alpha value is -2.06. The van der Waals surface area contributed by atoms with Gasteiger partial charge in [0.25, 0.3) is 0 Å². The van der Waals surface area contributed by atoms with Crippen molar-refractivity contribution in [2.75, 3.05) is 33.1 Å². The highest BCUT2D eigenvalue weighted by Crippen LogP contribution is 2.24. The van der Waals surface area contributed by atoms with E-state index >= 15 is 0 Å². The van der Waals surface area contributed by atoms with Crippen molar-refractivity contribution in [3.8, 4) is 17.1 Å². The quantitative estimate of drug-likeness (QED) is 0.548. The Morgan fingerprint density at radius 3 is 2.67 bits per heavy atom. The molecule has 1 heterocycles. The van der Waals surface area contributed by atoms with Gasteiger partial charge in [-0.2, -0.15) is 0 Å². The molecule has 1 aromatic carbocycles. The normalized spacial score (nSPS) is 10.6. The summed E-state index contributed by atoms with van der Waals surface area (Å²) in [5.74, 6) is 1.83. The highest BCUT2D eigenvalue weighted by atomic mass is 32.2. The van der Waals surface area contributed by atoms with E-state index < -0.39 is 0 Å². The third kappa shape index (κ3) is 4.97. The molecule has 0 aliphatic carbocycles. The van der Waals surface area contributed by atoms with Gasteiger partial charge in [0.1, 0.15) is 5.75 Å². The smallest absolute Gasteiger partial charge is 0.230 e. The molecule has 2 rings (SSSR count). The minimum atomic E-state index is -0.0231. The van der Waals surface area contributed by atoms with Gasteiger partial charge in [-0.05, 0) is 30.7 Å². The number of methoxy groups -OCH3 is 2. The minimum absolute atomic E-state index is 0.0231. The summed E-state index contributed by atoms with van der Waals surface area (Å²) in [7, 11) is 5.16. The number of amides is 1. The van der Waals surface area contributed by atoms with E-state index in [1.807, 2.05) is 35.9 Å². The summed E-state index contributed by atoms with van der Waals surface area (Å²) < 4.78 is 12.0. The third-order valence-corrected chi connectivity index (χ3v) is 4.38. The van der Waals surface area contributed by atoms with E-state index in [1.54, 1.807) is 14.2 Å². The number of nitrogens with one attached hydrogen (secondary N) is 1. The molecule has 0 aliphatic heterocycles. The Kier molecular flexibility index (Phi) is 7.07. The Morgan fingerprint density at radius 2 is 2.00 bits per heavy atom. The van der Waals surface area contributed by atoms with Crippen molar-refractivity contribution in [1.82, 2.24) is 20.1 Å². The van der Waals surface area contributed by atoms with E-state index in [0.717, 1.165) is 23.6 Å². The molecule has 1 amide bonds. The lowest BCUT2D eigenvalue weighted by atomic mass is 10.2. The van der Waals surface area contributed by atoms with Crippen molar-refractivity contribution < 1.29 is 14.3 Å². The van der Waals surface area contributed by atoms with Gasteiger partial charge < -0.3 is 19.4 Å². The van der Waals surface area contributed by atoms with E-state index in [-0.39, 0.29) is 5.91 Å². The van der Waals surface area contributed by atoms with Crippen LogP contribution in [0.25, 0.3) is 11.4 Å². The highest BCUT2D eigenvalue weighted by Gasteiger charge is 2.12. The SMILES string of the molecule is COCCCNC(=O)CSc1nnc(-c2ccc(OC)cc2)n1C. The number of carbonyl (C=O) groups excluding carboxylic acids is 1. The highest BCUT2D eigenvalue weighted by molar-refractivity contribution is 7.99. The molecule has 0 spiro atoms. The average molecular weight is 350 g/mol. The molecule has 1 aromatic heterocycles. The van der Waals surface area contributed by atoms with Crippen LogP contribution in [0.2, 0.25) is 0 Å². The van der Waals surface area contributed by atoms with E-state index in [0.29, 0.717) is 24.1 Å². The topological polar surface area (TPSA) is 78.3 Å². The summed E-state index contributed by atoms with van der Waals surface area (Å²) in [6.07, 6.45) is 0.804. The summed E-state index contributed by atoms with van der Waals surface area (Å²) in [4.78, 5) is 11.8. The van der Waals surface area contributed by atoms with Gasteiger partial charge >= 0.3 is 0 Å². The maximum absolute atomic E-state index is 11.8. The Bertz CT molecular complexity index is 658. The second-order valence-electron chi connectivity index (χ2n) is 5.08. The van der Waals surface area contributed by atoms with Crippen LogP contribution in [0.15, 0.2) is 29.4 Å². The van der Waals surface area contributed by atoms with Crippen LogP contribution in [0.5, 0.6) is 5.75 Å². The first-order valence-corrected chi connectivity index (χ1v) is 8.56. The summed E-state index contributed by atoms with van der Waals surface area (Å²) >= 11 is 1.36. The fourth-order valence-electron chi connectivity index (χ4n) is 2.06. The van der Waals surface area contributed by atoms with Gasteiger partial charge in [0.15, 0.2) is 11.0 Å². The Labute approximate surface area is 145 Å². The number of carbonyl (C=O) groups is 1. The lowest BCUT2D eigenvalue weighted by Crippen LogP contribution is -2.26. The molecule has 8 heteroatoms. The van der Waals surface area contributed by atoms with Crippen LogP contribution in [0.3, 0.4) is 0 Å². The zero-order valence-electron chi connectivity index (χ0n) is 14.1. The molecular weight excluding hydrogens is 328 g/mol. The first kappa shape index (κ1) is 18.3. The molecule has 0 atom stereocenters. The molecule has 0 aliphatic rings. The standard InChI is InChI=1S/C16H22N4O3S/c1-20-15(12-5-7-13(23-3)8-6-12)18-19-16(20)24-11-14(21)17-9-4-10-22-2/h5-8H,4,9-11H2,1-3H3,(H,17,21). The van der Waals surface area contributed by atoms with Crippen LogP contribution >= 0.6 is 11.8 Å². The number of nitrogens with zero attached hydrogens (tertiary/aromatic N) is 3. The molecular formula is C16H22N4O3S. The van der Waals surface area contributed by atoms with Crippen molar-refractivity contribution in [2.45, 2.75) is 11.6 Å². The zero-order chi connectivity index (χ0) is 17.4. The maximum Gasteiger partial charge on any atom is 0.230 e. The monoisotopic (exact) mass is 350 g/mol. The zero-order valence-corrected chi connectivity index (χ0v) is 14.9. The van der Waals surface area contributed by atoms with Crippen LogP contribution < -0.4 is 10.1 Å². The van der Waals surface area contributed by atoms with Crippen LogP contribution in [-0.4, -0.2) is 53.8 Å². The fraction of sp³-hybridized carbons (Fsp3) is 0.438. The summed E-state index contributed by atoms with van der Waals surface area (Å²) in [5.41, 5.74) is 0.946. The molecule has 0 radical (unpaired) electrons. The van der Waals surface area contributed by atoms with Crippen LogP contribution in [-0.2, 0) is 16.6 Å². The molecule has 7 nitrogen and oxygen atoms in total. The van der Waals surface area contributed by atoms with E-state index in [2.05, 4.69) is 15.5 Å². The number of aromatic nitrogens is 3. The number of benzene rings is 1. The van der Waals surface area contributed by atoms with E-state index in [1.165, 1.54) is 11.8 Å². The third-order valence-electron chi connectivity index (χ3n) is 3.36. The molecule has 0 bridgehead atoms. The Balaban J connectivity index is 1.91. The lowest BCUT2D eigenvalue weighted by Gasteiger charge is -2.06. The van der Waals surface area contributed by atoms with Crippen LogP contribution in [0.4, 0.5) is 0 Å².